The van der Waals surface area contributed by atoms with Crippen LogP contribution in [0, 0.1) is 0 Å². The highest BCUT2D eigenvalue weighted by atomic mass is 16.5. The minimum absolute atomic E-state index is 0.274. The van der Waals surface area contributed by atoms with Crippen LogP contribution in [0.3, 0.4) is 0 Å². The molecule has 0 heterocycles. The summed E-state index contributed by atoms with van der Waals surface area (Å²) in [7, 11) is 1.77. The zero-order valence-corrected chi connectivity index (χ0v) is 14.7. The Balaban J connectivity index is 1.89. The van der Waals surface area contributed by atoms with Crippen molar-refractivity contribution >= 4 is 23.8 Å². The Morgan fingerprint density at radius 1 is 1.00 bits per heavy atom. The topological polar surface area (TPSA) is 29.5 Å². The van der Waals surface area contributed by atoms with E-state index in [1.165, 1.54) is 27.8 Å². The van der Waals surface area contributed by atoms with E-state index >= 15 is 0 Å². The first kappa shape index (κ1) is 17.0. The fraction of sp³-hybridized carbons (Fsp3) is 0.227. The van der Waals surface area contributed by atoms with E-state index in [9.17, 15) is 4.79 Å². The summed E-state index contributed by atoms with van der Waals surface area (Å²) in [5.74, 6) is 0. The van der Waals surface area contributed by atoms with E-state index in [1.54, 1.807) is 11.9 Å². The van der Waals surface area contributed by atoms with Crippen LogP contribution < -0.4 is 0 Å². The van der Waals surface area contributed by atoms with Crippen molar-refractivity contribution in [2.45, 2.75) is 13.3 Å². The third-order valence-corrected chi connectivity index (χ3v) is 4.34. The summed E-state index contributed by atoms with van der Waals surface area (Å²) in [5.41, 5.74) is 6.09. The Hall–Kier alpha value is -2.81. The average molecular weight is 333 g/mol. The van der Waals surface area contributed by atoms with Crippen molar-refractivity contribution in [2.75, 3.05) is 20.2 Å². The smallest absolute Gasteiger partial charge is 0.409 e. The normalized spacial score (nSPS) is 12.0. The van der Waals surface area contributed by atoms with Crippen molar-refractivity contribution in [3.8, 4) is 0 Å². The van der Waals surface area contributed by atoms with E-state index in [2.05, 4.69) is 66.8 Å². The van der Waals surface area contributed by atoms with Crippen molar-refractivity contribution < 1.29 is 9.53 Å². The van der Waals surface area contributed by atoms with Crippen LogP contribution in [0.15, 0.2) is 54.6 Å². The fourth-order valence-corrected chi connectivity index (χ4v) is 3.05. The van der Waals surface area contributed by atoms with Crippen LogP contribution in [0.4, 0.5) is 4.79 Å². The maximum atomic E-state index is 11.7. The van der Waals surface area contributed by atoms with Gasteiger partial charge in [0.15, 0.2) is 0 Å². The summed E-state index contributed by atoms with van der Waals surface area (Å²) in [5, 5.41) is 0. The van der Waals surface area contributed by atoms with Gasteiger partial charge in [0.1, 0.15) is 0 Å². The van der Waals surface area contributed by atoms with Gasteiger partial charge in [-0.3, -0.25) is 0 Å². The summed E-state index contributed by atoms with van der Waals surface area (Å²) in [6.45, 7) is 2.84. The molecule has 3 heteroatoms. The molecule has 3 rings (SSSR count). The standard InChI is InChI=1S/C22H23NO2/c1-3-25-22(24)23(2)16-8-13-21-19-11-6-4-9-17(19)14-15-18-10-5-7-12-20(18)21/h4-7,9-15H,3,8,16H2,1-2H3. The first-order valence-electron chi connectivity index (χ1n) is 8.65. The van der Waals surface area contributed by atoms with E-state index in [4.69, 9.17) is 4.74 Å². The first-order valence-corrected chi connectivity index (χ1v) is 8.65. The van der Waals surface area contributed by atoms with Gasteiger partial charge in [0.2, 0.25) is 0 Å². The maximum Gasteiger partial charge on any atom is 0.409 e. The van der Waals surface area contributed by atoms with Gasteiger partial charge >= 0.3 is 6.09 Å². The zero-order valence-electron chi connectivity index (χ0n) is 14.7. The minimum Gasteiger partial charge on any atom is -0.450 e. The van der Waals surface area contributed by atoms with Gasteiger partial charge in [-0.25, -0.2) is 4.79 Å². The Morgan fingerprint density at radius 2 is 1.56 bits per heavy atom. The Morgan fingerprint density at radius 3 is 2.12 bits per heavy atom. The monoisotopic (exact) mass is 333 g/mol. The Bertz CT molecular complexity index is 769. The highest BCUT2D eigenvalue weighted by Gasteiger charge is 2.14. The van der Waals surface area contributed by atoms with Crippen LogP contribution in [-0.4, -0.2) is 31.2 Å². The molecule has 0 aromatic heterocycles. The van der Waals surface area contributed by atoms with E-state index in [-0.39, 0.29) is 6.09 Å². The van der Waals surface area contributed by atoms with E-state index in [1.807, 2.05) is 6.92 Å². The van der Waals surface area contributed by atoms with Gasteiger partial charge in [0.05, 0.1) is 6.61 Å². The van der Waals surface area contributed by atoms with E-state index < -0.39 is 0 Å². The number of ether oxygens (including phenoxy) is 1. The molecule has 0 fully saturated rings. The van der Waals surface area contributed by atoms with Crippen molar-refractivity contribution in [3.63, 3.8) is 0 Å². The molecule has 0 radical (unpaired) electrons. The maximum absolute atomic E-state index is 11.7. The predicted octanol–water partition coefficient (Wildman–Crippen LogP) is 5.08. The van der Waals surface area contributed by atoms with Crippen LogP contribution in [0.2, 0.25) is 0 Å². The van der Waals surface area contributed by atoms with Gasteiger partial charge in [-0.2, -0.15) is 0 Å². The van der Waals surface area contributed by atoms with Crippen molar-refractivity contribution in [1.29, 1.82) is 0 Å². The summed E-state index contributed by atoms with van der Waals surface area (Å²) in [4.78, 5) is 13.4. The van der Waals surface area contributed by atoms with Crippen molar-refractivity contribution in [3.05, 3.63) is 76.9 Å². The quantitative estimate of drug-likeness (QED) is 0.666. The number of carbonyl (C=O) groups excluding carboxylic acids is 1. The van der Waals surface area contributed by atoms with E-state index in [0.717, 1.165) is 6.42 Å². The number of rotatable bonds is 4. The van der Waals surface area contributed by atoms with Gasteiger partial charge in [0, 0.05) is 13.6 Å². The second-order valence-electron chi connectivity index (χ2n) is 6.03. The molecule has 0 spiro atoms. The van der Waals surface area contributed by atoms with Gasteiger partial charge in [0.25, 0.3) is 0 Å². The summed E-state index contributed by atoms with van der Waals surface area (Å²) < 4.78 is 5.03. The molecular weight excluding hydrogens is 310 g/mol. The molecular formula is C22H23NO2. The van der Waals surface area contributed by atoms with Crippen molar-refractivity contribution in [1.82, 2.24) is 4.90 Å². The molecule has 1 amide bonds. The van der Waals surface area contributed by atoms with Gasteiger partial charge in [-0.1, -0.05) is 66.8 Å². The van der Waals surface area contributed by atoms with Crippen LogP contribution in [-0.2, 0) is 4.74 Å². The lowest BCUT2D eigenvalue weighted by atomic mass is 9.93. The number of carbonyl (C=O) groups is 1. The second kappa shape index (κ2) is 7.84. The Labute approximate surface area is 149 Å². The number of benzene rings is 2. The lowest BCUT2D eigenvalue weighted by Crippen LogP contribution is -2.28. The summed E-state index contributed by atoms with van der Waals surface area (Å²) >= 11 is 0. The molecule has 2 aromatic carbocycles. The van der Waals surface area contributed by atoms with Crippen LogP contribution >= 0.6 is 0 Å². The first-order chi connectivity index (χ1) is 12.2. The lowest BCUT2D eigenvalue weighted by molar-refractivity contribution is 0.117. The van der Waals surface area contributed by atoms with Crippen LogP contribution in [0.1, 0.15) is 35.6 Å². The second-order valence-corrected chi connectivity index (χ2v) is 6.03. The largest absolute Gasteiger partial charge is 0.450 e. The molecule has 2 aromatic rings. The number of hydrogen-bond donors (Lipinski definition) is 0. The SMILES string of the molecule is CCOC(=O)N(C)CCC=C1c2ccccc2C=Cc2ccccc21. The van der Waals surface area contributed by atoms with Gasteiger partial charge in [-0.05, 0) is 41.2 Å². The number of hydrogen-bond acceptors (Lipinski definition) is 2. The molecule has 25 heavy (non-hydrogen) atoms. The van der Waals surface area contributed by atoms with Gasteiger partial charge < -0.3 is 9.64 Å². The third kappa shape index (κ3) is 3.82. The highest BCUT2D eigenvalue weighted by Crippen LogP contribution is 2.33. The van der Waals surface area contributed by atoms with E-state index in [0.29, 0.717) is 13.2 Å². The number of nitrogens with zero attached hydrogens (tertiary/aromatic N) is 1. The average Bonchev–Trinajstić information content (AvgIpc) is 2.79. The molecule has 0 saturated carbocycles. The zero-order chi connectivity index (χ0) is 17.6. The minimum atomic E-state index is -0.274. The Kier molecular flexibility index (Phi) is 5.34. The number of amides is 1. The molecule has 3 nitrogen and oxygen atoms in total. The lowest BCUT2D eigenvalue weighted by Gasteiger charge is -2.16. The molecule has 0 bridgehead atoms. The van der Waals surface area contributed by atoms with Gasteiger partial charge in [-0.15, -0.1) is 0 Å². The summed E-state index contributed by atoms with van der Waals surface area (Å²) in [6.07, 6.45) is 7.05. The molecule has 128 valence electrons. The number of fused-ring (bicyclic) bond motifs is 2. The third-order valence-electron chi connectivity index (χ3n) is 4.34. The van der Waals surface area contributed by atoms with Crippen molar-refractivity contribution in [2.24, 2.45) is 0 Å². The fourth-order valence-electron chi connectivity index (χ4n) is 3.05. The molecule has 1 aliphatic rings. The van der Waals surface area contributed by atoms with Crippen LogP contribution in [0.25, 0.3) is 17.7 Å². The molecule has 0 aliphatic heterocycles. The molecule has 0 saturated heterocycles. The highest BCUT2D eigenvalue weighted by molar-refractivity contribution is 5.93. The summed E-state index contributed by atoms with van der Waals surface area (Å²) in [6, 6.07) is 16.8. The molecule has 0 N–H and O–H groups in total. The molecule has 0 atom stereocenters. The molecule has 1 aliphatic carbocycles. The molecule has 0 unspecified atom stereocenters. The van der Waals surface area contributed by atoms with Crippen LogP contribution in [0.5, 0.6) is 0 Å². The predicted molar refractivity (Wildman–Crippen MR) is 103 cm³/mol.